The van der Waals surface area contributed by atoms with Gasteiger partial charge in [-0.15, -0.1) is 0 Å². The molecule has 18 heavy (non-hydrogen) atoms. The Hall–Kier alpha value is -1.91. The van der Waals surface area contributed by atoms with E-state index in [1.54, 1.807) is 18.3 Å². The summed E-state index contributed by atoms with van der Waals surface area (Å²) in [6.45, 7) is 3.96. The number of nitrogens with zero attached hydrogens (tertiary/aromatic N) is 1. The summed E-state index contributed by atoms with van der Waals surface area (Å²) in [6.07, 6.45) is 3.58. The van der Waals surface area contributed by atoms with Crippen molar-refractivity contribution in [2.45, 2.75) is 26.3 Å². The smallest absolute Gasteiger partial charge is 0.328 e. The van der Waals surface area contributed by atoms with E-state index in [2.05, 4.69) is 15.0 Å². The van der Waals surface area contributed by atoms with Crippen LogP contribution >= 0.6 is 0 Å². The van der Waals surface area contributed by atoms with E-state index in [4.69, 9.17) is 0 Å². The van der Waals surface area contributed by atoms with Crippen LogP contribution in [-0.2, 0) is 9.53 Å². The molecule has 0 bridgehead atoms. The third-order valence-electron chi connectivity index (χ3n) is 2.42. The number of esters is 1. The lowest BCUT2D eigenvalue weighted by atomic mass is 10.0. The van der Waals surface area contributed by atoms with E-state index in [0.717, 1.165) is 0 Å². The number of nitrogens with one attached hydrogen (secondary N) is 1. The van der Waals surface area contributed by atoms with Crippen molar-refractivity contribution in [3.8, 4) is 0 Å². The highest BCUT2D eigenvalue weighted by Crippen LogP contribution is 2.07. The molecule has 98 valence electrons. The van der Waals surface area contributed by atoms with Crippen LogP contribution in [0.25, 0.3) is 0 Å². The molecule has 0 saturated heterocycles. The van der Waals surface area contributed by atoms with E-state index >= 15 is 0 Å². The summed E-state index contributed by atoms with van der Waals surface area (Å²) in [5.74, 6) is -0.469. The van der Waals surface area contributed by atoms with Crippen LogP contribution in [0.4, 0.5) is 0 Å². The molecule has 5 heteroatoms. The summed E-state index contributed by atoms with van der Waals surface area (Å²) in [4.78, 5) is 27.3. The van der Waals surface area contributed by atoms with Gasteiger partial charge in [-0.1, -0.05) is 13.8 Å². The molecule has 0 aliphatic carbocycles. The molecule has 0 aromatic carbocycles. The molecule has 1 unspecified atom stereocenters. The first kappa shape index (κ1) is 14.2. The van der Waals surface area contributed by atoms with Gasteiger partial charge in [0.2, 0.25) is 0 Å². The third kappa shape index (κ3) is 4.16. The Balaban J connectivity index is 2.71. The summed E-state index contributed by atoms with van der Waals surface area (Å²) in [7, 11) is 1.31. The number of rotatable bonds is 5. The fourth-order valence-corrected chi connectivity index (χ4v) is 1.57. The Bertz CT molecular complexity index is 404. The van der Waals surface area contributed by atoms with Crippen molar-refractivity contribution in [3.05, 3.63) is 30.1 Å². The normalized spacial score (nSPS) is 12.0. The molecular weight excluding hydrogens is 232 g/mol. The highest BCUT2D eigenvalue weighted by molar-refractivity contribution is 5.96. The second kappa shape index (κ2) is 6.74. The van der Waals surface area contributed by atoms with Gasteiger partial charge >= 0.3 is 5.97 Å². The summed E-state index contributed by atoms with van der Waals surface area (Å²) in [6, 6.07) is 2.69. The van der Waals surface area contributed by atoms with E-state index in [1.807, 2.05) is 13.8 Å². The van der Waals surface area contributed by atoms with Gasteiger partial charge in [0.15, 0.2) is 0 Å². The largest absolute Gasteiger partial charge is 0.467 e. The Morgan fingerprint density at radius 2 is 2.17 bits per heavy atom. The molecule has 0 aliphatic rings. The van der Waals surface area contributed by atoms with Crippen molar-refractivity contribution in [2.24, 2.45) is 5.92 Å². The molecule has 0 fully saturated rings. The number of ether oxygens (including phenoxy) is 1. The molecule has 0 aliphatic heterocycles. The molecule has 0 spiro atoms. The minimum Gasteiger partial charge on any atom is -0.467 e. The predicted molar refractivity (Wildman–Crippen MR) is 67.0 cm³/mol. The summed E-state index contributed by atoms with van der Waals surface area (Å²) < 4.78 is 4.68. The Kier molecular flexibility index (Phi) is 5.30. The van der Waals surface area contributed by atoms with Gasteiger partial charge in [-0.05, 0) is 24.5 Å². The highest BCUT2D eigenvalue weighted by Gasteiger charge is 2.23. The standard InChI is InChI=1S/C13H18N2O3/c1-9(2)7-11(13(17)18-3)15-12(16)10-5-4-6-14-8-10/h4-6,8-9,11H,7H2,1-3H3,(H,15,16). The first-order chi connectivity index (χ1) is 8.54. The van der Waals surface area contributed by atoms with Crippen molar-refractivity contribution >= 4 is 11.9 Å². The number of carbonyl (C=O) groups is 2. The summed E-state index contributed by atoms with van der Waals surface area (Å²) in [5, 5.41) is 2.66. The molecule has 0 saturated carbocycles. The Morgan fingerprint density at radius 3 is 2.67 bits per heavy atom. The number of hydrogen-bond donors (Lipinski definition) is 1. The van der Waals surface area contributed by atoms with Gasteiger partial charge in [0.25, 0.3) is 5.91 Å². The second-order valence-electron chi connectivity index (χ2n) is 4.42. The molecule has 1 aromatic rings. The van der Waals surface area contributed by atoms with Crippen LogP contribution in [-0.4, -0.2) is 30.0 Å². The van der Waals surface area contributed by atoms with Crippen LogP contribution in [0.1, 0.15) is 30.6 Å². The number of carbonyl (C=O) groups excluding carboxylic acids is 2. The molecule has 1 heterocycles. The van der Waals surface area contributed by atoms with Crippen molar-refractivity contribution in [3.63, 3.8) is 0 Å². The van der Waals surface area contributed by atoms with Crippen molar-refractivity contribution in [2.75, 3.05) is 7.11 Å². The minimum absolute atomic E-state index is 0.281. The van der Waals surface area contributed by atoms with Gasteiger partial charge in [-0.25, -0.2) is 4.79 Å². The first-order valence-corrected chi connectivity index (χ1v) is 5.83. The highest BCUT2D eigenvalue weighted by atomic mass is 16.5. The Morgan fingerprint density at radius 1 is 1.44 bits per heavy atom. The molecule has 5 nitrogen and oxygen atoms in total. The lowest BCUT2D eigenvalue weighted by Crippen LogP contribution is -2.42. The van der Waals surface area contributed by atoms with Crippen molar-refractivity contribution in [1.29, 1.82) is 0 Å². The fraction of sp³-hybridized carbons (Fsp3) is 0.462. The van der Waals surface area contributed by atoms with E-state index < -0.39 is 12.0 Å². The van der Waals surface area contributed by atoms with Gasteiger partial charge in [0.05, 0.1) is 12.7 Å². The molecule has 0 radical (unpaired) electrons. The van der Waals surface area contributed by atoms with Gasteiger partial charge in [0, 0.05) is 12.4 Å². The third-order valence-corrected chi connectivity index (χ3v) is 2.42. The molecule has 1 amide bonds. The molecule has 1 atom stereocenters. The van der Waals surface area contributed by atoms with E-state index in [9.17, 15) is 9.59 Å². The van der Waals surface area contributed by atoms with Crippen molar-refractivity contribution < 1.29 is 14.3 Å². The number of aromatic nitrogens is 1. The maximum atomic E-state index is 11.9. The van der Waals surface area contributed by atoms with E-state index in [1.165, 1.54) is 13.3 Å². The summed E-state index contributed by atoms with van der Waals surface area (Å²) >= 11 is 0. The van der Waals surface area contributed by atoms with Crippen LogP contribution in [0, 0.1) is 5.92 Å². The average molecular weight is 250 g/mol. The Labute approximate surface area is 107 Å². The lowest BCUT2D eigenvalue weighted by Gasteiger charge is -2.18. The minimum atomic E-state index is -0.622. The van der Waals surface area contributed by atoms with Crippen LogP contribution < -0.4 is 5.32 Å². The van der Waals surface area contributed by atoms with Crippen LogP contribution in [0.2, 0.25) is 0 Å². The van der Waals surface area contributed by atoms with E-state index in [-0.39, 0.29) is 11.8 Å². The topological polar surface area (TPSA) is 68.3 Å². The second-order valence-corrected chi connectivity index (χ2v) is 4.42. The van der Waals surface area contributed by atoms with Gasteiger partial charge in [-0.3, -0.25) is 9.78 Å². The number of pyridine rings is 1. The lowest BCUT2D eigenvalue weighted by molar-refractivity contribution is -0.143. The van der Waals surface area contributed by atoms with Gasteiger partial charge < -0.3 is 10.1 Å². The first-order valence-electron chi connectivity index (χ1n) is 5.83. The molecular formula is C13H18N2O3. The van der Waals surface area contributed by atoms with Crippen LogP contribution in [0.3, 0.4) is 0 Å². The average Bonchev–Trinajstić information content (AvgIpc) is 2.37. The molecule has 1 aromatic heterocycles. The number of hydrogen-bond acceptors (Lipinski definition) is 4. The fourth-order valence-electron chi connectivity index (χ4n) is 1.57. The van der Waals surface area contributed by atoms with Crippen LogP contribution in [0.5, 0.6) is 0 Å². The molecule has 1 N–H and O–H groups in total. The zero-order valence-corrected chi connectivity index (χ0v) is 10.8. The predicted octanol–water partition coefficient (Wildman–Crippen LogP) is 1.40. The molecule has 1 rings (SSSR count). The summed E-state index contributed by atoms with van der Waals surface area (Å²) in [5.41, 5.74) is 0.426. The van der Waals surface area contributed by atoms with Crippen LogP contribution in [0.15, 0.2) is 24.5 Å². The number of amides is 1. The number of methoxy groups -OCH3 is 1. The van der Waals surface area contributed by atoms with E-state index in [0.29, 0.717) is 12.0 Å². The SMILES string of the molecule is COC(=O)C(CC(C)C)NC(=O)c1cccnc1. The van der Waals surface area contributed by atoms with Gasteiger partial charge in [-0.2, -0.15) is 0 Å². The zero-order valence-electron chi connectivity index (χ0n) is 10.8. The monoisotopic (exact) mass is 250 g/mol. The quantitative estimate of drug-likeness (QED) is 0.802. The maximum absolute atomic E-state index is 11.9. The zero-order chi connectivity index (χ0) is 13.5. The maximum Gasteiger partial charge on any atom is 0.328 e. The van der Waals surface area contributed by atoms with Gasteiger partial charge in [0.1, 0.15) is 6.04 Å². The van der Waals surface area contributed by atoms with Crippen molar-refractivity contribution in [1.82, 2.24) is 10.3 Å².